The number of hydrogen-bond donors (Lipinski definition) is 1. The van der Waals surface area contributed by atoms with Crippen LogP contribution in [0.2, 0.25) is 0 Å². The number of nitrogens with zero attached hydrogens (tertiary/aromatic N) is 1. The minimum absolute atomic E-state index is 0.0789. The summed E-state index contributed by atoms with van der Waals surface area (Å²) < 4.78 is 0. The summed E-state index contributed by atoms with van der Waals surface area (Å²) in [5, 5.41) is 2.97. The van der Waals surface area contributed by atoms with Crippen molar-refractivity contribution in [2.45, 2.75) is 78.7 Å². The van der Waals surface area contributed by atoms with Gasteiger partial charge in [0.05, 0.1) is 0 Å². The van der Waals surface area contributed by atoms with Crippen LogP contribution in [0.3, 0.4) is 0 Å². The Bertz CT molecular complexity index is 414. The Balaban J connectivity index is 1.79. The highest BCUT2D eigenvalue weighted by Crippen LogP contribution is 2.39. The zero-order valence-electron chi connectivity index (χ0n) is 15.4. The van der Waals surface area contributed by atoms with Gasteiger partial charge in [-0.05, 0) is 63.2 Å². The Kier molecular flexibility index (Phi) is 6.10. The summed E-state index contributed by atoms with van der Waals surface area (Å²) in [6.07, 6.45) is 7.54. The maximum Gasteiger partial charge on any atom is 0.244 e. The van der Waals surface area contributed by atoms with Crippen LogP contribution in [-0.4, -0.2) is 35.8 Å². The molecule has 2 rings (SSSR count). The fourth-order valence-electron chi connectivity index (χ4n) is 4.00. The molecule has 2 fully saturated rings. The highest BCUT2D eigenvalue weighted by molar-refractivity contribution is 5.88. The molecule has 23 heavy (non-hydrogen) atoms. The molecule has 1 saturated heterocycles. The highest BCUT2D eigenvalue weighted by Gasteiger charge is 2.33. The van der Waals surface area contributed by atoms with Crippen molar-refractivity contribution in [2.24, 2.45) is 17.3 Å². The van der Waals surface area contributed by atoms with Crippen LogP contribution in [0.15, 0.2) is 0 Å². The van der Waals surface area contributed by atoms with Gasteiger partial charge in [0.1, 0.15) is 6.04 Å². The fourth-order valence-corrected chi connectivity index (χ4v) is 4.00. The molecule has 4 heteroatoms. The molecule has 0 aromatic heterocycles. The lowest BCUT2D eigenvalue weighted by Crippen LogP contribution is -2.50. The van der Waals surface area contributed by atoms with Gasteiger partial charge in [0.2, 0.25) is 11.8 Å². The standard InChI is InChI=1S/C19H34N2O2/c1-14(18(23)21-12-6-5-7-13-21)20-17(22)15-8-10-16(11-9-15)19(2,3)4/h14-16H,5-13H2,1-4H3,(H,20,22). The minimum atomic E-state index is -0.388. The molecule has 2 aliphatic rings. The molecule has 1 unspecified atom stereocenters. The first kappa shape index (κ1) is 18.3. The molecule has 4 nitrogen and oxygen atoms in total. The summed E-state index contributed by atoms with van der Waals surface area (Å²) in [4.78, 5) is 26.8. The van der Waals surface area contributed by atoms with Crippen LogP contribution < -0.4 is 5.32 Å². The van der Waals surface area contributed by atoms with E-state index in [1.54, 1.807) is 0 Å². The summed E-state index contributed by atoms with van der Waals surface area (Å²) in [7, 11) is 0. The van der Waals surface area contributed by atoms with E-state index >= 15 is 0 Å². The first-order chi connectivity index (χ1) is 10.8. The summed E-state index contributed by atoms with van der Waals surface area (Å²) in [6, 6.07) is -0.388. The molecule has 1 atom stereocenters. The topological polar surface area (TPSA) is 49.4 Å². The Morgan fingerprint density at radius 1 is 1.00 bits per heavy atom. The predicted octanol–water partition coefficient (Wildman–Crippen LogP) is 3.36. The summed E-state index contributed by atoms with van der Waals surface area (Å²) in [5.41, 5.74) is 0.332. The Morgan fingerprint density at radius 3 is 2.09 bits per heavy atom. The number of nitrogens with one attached hydrogen (secondary N) is 1. The minimum Gasteiger partial charge on any atom is -0.344 e. The quantitative estimate of drug-likeness (QED) is 0.866. The predicted molar refractivity (Wildman–Crippen MR) is 92.9 cm³/mol. The fraction of sp³-hybridized carbons (Fsp3) is 0.895. The average Bonchev–Trinajstić information content (AvgIpc) is 2.54. The van der Waals surface area contributed by atoms with Gasteiger partial charge in [-0.3, -0.25) is 9.59 Å². The molecular formula is C19H34N2O2. The van der Waals surface area contributed by atoms with Crippen molar-refractivity contribution in [1.29, 1.82) is 0 Å². The van der Waals surface area contributed by atoms with Crippen molar-refractivity contribution in [2.75, 3.05) is 13.1 Å². The maximum atomic E-state index is 12.5. The van der Waals surface area contributed by atoms with Crippen LogP contribution in [0.1, 0.15) is 72.6 Å². The van der Waals surface area contributed by atoms with Crippen molar-refractivity contribution in [3.63, 3.8) is 0 Å². The van der Waals surface area contributed by atoms with Crippen LogP contribution in [0.4, 0.5) is 0 Å². The van der Waals surface area contributed by atoms with Crippen LogP contribution >= 0.6 is 0 Å². The molecule has 1 N–H and O–H groups in total. The van der Waals surface area contributed by atoms with Gasteiger partial charge < -0.3 is 10.2 Å². The van der Waals surface area contributed by atoms with Crippen LogP contribution in [0.5, 0.6) is 0 Å². The first-order valence-corrected chi connectivity index (χ1v) is 9.38. The Morgan fingerprint density at radius 2 is 1.57 bits per heavy atom. The van der Waals surface area contributed by atoms with E-state index in [0.717, 1.165) is 51.6 Å². The van der Waals surface area contributed by atoms with Crippen molar-refractivity contribution in [3.05, 3.63) is 0 Å². The zero-order valence-corrected chi connectivity index (χ0v) is 15.4. The number of carbonyl (C=O) groups excluding carboxylic acids is 2. The van der Waals surface area contributed by atoms with Crippen LogP contribution in [0, 0.1) is 17.3 Å². The Hall–Kier alpha value is -1.06. The van der Waals surface area contributed by atoms with Crippen LogP contribution in [-0.2, 0) is 9.59 Å². The van der Waals surface area contributed by atoms with Gasteiger partial charge in [0.25, 0.3) is 0 Å². The lowest BCUT2D eigenvalue weighted by atomic mass is 9.69. The van der Waals surface area contributed by atoms with Crippen molar-refractivity contribution in [1.82, 2.24) is 10.2 Å². The lowest BCUT2D eigenvalue weighted by Gasteiger charge is -2.37. The number of likely N-dealkylation sites (tertiary alicyclic amines) is 1. The molecule has 0 aromatic carbocycles. The SMILES string of the molecule is CC(NC(=O)C1CCC(C(C)(C)C)CC1)C(=O)N1CCCCC1. The van der Waals surface area contributed by atoms with Gasteiger partial charge in [-0.1, -0.05) is 20.8 Å². The molecule has 1 heterocycles. The number of carbonyl (C=O) groups is 2. The number of amides is 2. The van der Waals surface area contributed by atoms with E-state index in [-0.39, 0.29) is 23.8 Å². The average molecular weight is 322 g/mol. The molecule has 0 bridgehead atoms. The number of rotatable bonds is 3. The molecular weight excluding hydrogens is 288 g/mol. The number of piperidine rings is 1. The van der Waals surface area contributed by atoms with E-state index in [2.05, 4.69) is 26.1 Å². The van der Waals surface area contributed by atoms with Crippen molar-refractivity contribution < 1.29 is 9.59 Å². The smallest absolute Gasteiger partial charge is 0.244 e. The van der Waals surface area contributed by atoms with Gasteiger partial charge in [-0.25, -0.2) is 0 Å². The van der Waals surface area contributed by atoms with E-state index in [9.17, 15) is 9.59 Å². The molecule has 0 aromatic rings. The van der Waals surface area contributed by atoms with Gasteiger partial charge in [-0.2, -0.15) is 0 Å². The summed E-state index contributed by atoms with van der Waals surface area (Å²) >= 11 is 0. The zero-order chi connectivity index (χ0) is 17.0. The third-order valence-electron chi connectivity index (χ3n) is 5.72. The highest BCUT2D eigenvalue weighted by atomic mass is 16.2. The van der Waals surface area contributed by atoms with E-state index in [1.165, 1.54) is 6.42 Å². The van der Waals surface area contributed by atoms with E-state index < -0.39 is 0 Å². The van der Waals surface area contributed by atoms with Gasteiger partial charge in [0, 0.05) is 19.0 Å². The van der Waals surface area contributed by atoms with E-state index in [0.29, 0.717) is 11.3 Å². The summed E-state index contributed by atoms with van der Waals surface area (Å²) in [6.45, 7) is 10.4. The van der Waals surface area contributed by atoms with Crippen molar-refractivity contribution in [3.8, 4) is 0 Å². The van der Waals surface area contributed by atoms with Gasteiger partial charge >= 0.3 is 0 Å². The molecule has 2 amide bonds. The first-order valence-electron chi connectivity index (χ1n) is 9.38. The normalized spacial score (nSPS) is 27.4. The largest absolute Gasteiger partial charge is 0.344 e. The molecule has 1 aliphatic carbocycles. The second-order valence-electron chi connectivity index (χ2n) is 8.53. The number of hydrogen-bond acceptors (Lipinski definition) is 2. The maximum absolute atomic E-state index is 12.5. The second kappa shape index (κ2) is 7.67. The third-order valence-corrected chi connectivity index (χ3v) is 5.72. The molecule has 1 saturated carbocycles. The molecule has 1 aliphatic heterocycles. The lowest BCUT2D eigenvalue weighted by molar-refractivity contribution is -0.138. The molecule has 0 radical (unpaired) electrons. The van der Waals surface area contributed by atoms with Gasteiger partial charge in [0.15, 0.2) is 0 Å². The van der Waals surface area contributed by atoms with E-state index in [4.69, 9.17) is 0 Å². The Labute approximate surface area is 141 Å². The third kappa shape index (κ3) is 4.95. The summed E-state index contributed by atoms with van der Waals surface area (Å²) in [5.74, 6) is 0.959. The molecule has 132 valence electrons. The van der Waals surface area contributed by atoms with Crippen LogP contribution in [0.25, 0.3) is 0 Å². The second-order valence-corrected chi connectivity index (χ2v) is 8.53. The van der Waals surface area contributed by atoms with Gasteiger partial charge in [-0.15, -0.1) is 0 Å². The van der Waals surface area contributed by atoms with E-state index in [1.807, 2.05) is 11.8 Å². The monoisotopic (exact) mass is 322 g/mol. The van der Waals surface area contributed by atoms with Crippen molar-refractivity contribution >= 4 is 11.8 Å². The molecule has 0 spiro atoms.